The summed E-state index contributed by atoms with van der Waals surface area (Å²) >= 11 is 0. The summed E-state index contributed by atoms with van der Waals surface area (Å²) in [5.74, 6) is 1.57. The Labute approximate surface area is 139 Å². The molecule has 2 aromatic heterocycles. The van der Waals surface area contributed by atoms with Crippen molar-refractivity contribution in [1.82, 2.24) is 20.4 Å². The van der Waals surface area contributed by atoms with E-state index in [1.54, 1.807) is 6.20 Å². The minimum Gasteiger partial charge on any atom is -0.491 e. The molecule has 0 saturated carbocycles. The molecular formula is C17H19N5O2. The van der Waals surface area contributed by atoms with Crippen LogP contribution in [-0.4, -0.2) is 50.8 Å². The fourth-order valence-corrected chi connectivity index (χ4v) is 2.84. The number of hydrogen-bond donors (Lipinski definition) is 2. The molecule has 4 rings (SSSR count). The van der Waals surface area contributed by atoms with Gasteiger partial charge in [0.1, 0.15) is 11.4 Å². The van der Waals surface area contributed by atoms with Crippen molar-refractivity contribution in [3.8, 4) is 17.0 Å². The molecule has 3 aromatic rings. The third-order valence-electron chi connectivity index (χ3n) is 4.01. The number of aromatic amines is 1. The number of anilines is 1. The second-order valence-electron chi connectivity index (χ2n) is 6.31. The monoisotopic (exact) mass is 325 g/mol. The smallest absolute Gasteiger partial charge is 0.152 e. The summed E-state index contributed by atoms with van der Waals surface area (Å²) in [6, 6.07) is 7.83. The number of nitrogens with zero attached hydrogens (tertiary/aromatic N) is 4. The summed E-state index contributed by atoms with van der Waals surface area (Å²) in [6.07, 6.45) is 1.54. The zero-order valence-electron chi connectivity index (χ0n) is 13.6. The zero-order valence-corrected chi connectivity index (χ0v) is 13.6. The first-order valence-electron chi connectivity index (χ1n) is 8.01. The lowest BCUT2D eigenvalue weighted by atomic mass is 10.1. The Bertz CT molecular complexity index is 870. The van der Waals surface area contributed by atoms with Crippen LogP contribution in [0.3, 0.4) is 0 Å². The maximum atomic E-state index is 9.46. The van der Waals surface area contributed by atoms with E-state index in [-0.39, 0.29) is 12.2 Å². The van der Waals surface area contributed by atoms with Crippen molar-refractivity contribution < 1.29 is 9.84 Å². The van der Waals surface area contributed by atoms with Gasteiger partial charge in [-0.3, -0.25) is 5.10 Å². The molecule has 0 aliphatic carbocycles. The van der Waals surface area contributed by atoms with Gasteiger partial charge in [-0.2, -0.15) is 10.2 Å². The largest absolute Gasteiger partial charge is 0.491 e. The summed E-state index contributed by atoms with van der Waals surface area (Å²) in [6.45, 7) is 5.18. The Hall–Kier alpha value is -2.67. The van der Waals surface area contributed by atoms with Gasteiger partial charge in [-0.05, 0) is 38.1 Å². The third-order valence-corrected chi connectivity index (χ3v) is 4.01. The number of benzene rings is 1. The zero-order chi connectivity index (χ0) is 16.7. The van der Waals surface area contributed by atoms with Crippen molar-refractivity contribution >= 4 is 16.7 Å². The van der Waals surface area contributed by atoms with Crippen LogP contribution in [0.2, 0.25) is 0 Å². The van der Waals surface area contributed by atoms with Gasteiger partial charge in [0.25, 0.3) is 0 Å². The fraction of sp³-hybridized carbons (Fsp3) is 0.353. The standard InChI is InChI=1S/C17H19N5O2/c1-10(2)24-13-3-4-15-14(6-13)17(21-19-15)11-5-16(20-18-7-11)22-8-12(23)9-22/h3-7,10,12,23H,8-9H2,1-2H3,(H,19,21). The SMILES string of the molecule is CC(C)Oc1ccc2[nH]nc(-c3cnnc(N4CC(O)C4)c3)c2c1. The Balaban J connectivity index is 1.72. The minimum atomic E-state index is -0.280. The van der Waals surface area contributed by atoms with Crippen molar-refractivity contribution in [3.63, 3.8) is 0 Å². The molecule has 1 aliphatic heterocycles. The maximum absolute atomic E-state index is 9.46. The molecule has 24 heavy (non-hydrogen) atoms. The van der Waals surface area contributed by atoms with Crippen LogP contribution in [0.25, 0.3) is 22.2 Å². The highest BCUT2D eigenvalue weighted by Crippen LogP contribution is 2.31. The number of hydrogen-bond acceptors (Lipinski definition) is 6. The summed E-state index contributed by atoms with van der Waals surface area (Å²) in [4.78, 5) is 1.99. The van der Waals surface area contributed by atoms with Crippen LogP contribution < -0.4 is 9.64 Å². The van der Waals surface area contributed by atoms with Gasteiger partial charge in [0.05, 0.1) is 23.9 Å². The highest BCUT2D eigenvalue weighted by molar-refractivity contribution is 5.93. The number of aromatic nitrogens is 4. The molecule has 1 fully saturated rings. The second-order valence-corrected chi connectivity index (χ2v) is 6.31. The van der Waals surface area contributed by atoms with Gasteiger partial charge in [0.2, 0.25) is 0 Å². The predicted octanol–water partition coefficient (Wildman–Crippen LogP) is 1.99. The molecule has 1 saturated heterocycles. The molecular weight excluding hydrogens is 306 g/mol. The average molecular weight is 325 g/mol. The lowest BCUT2D eigenvalue weighted by Crippen LogP contribution is -2.51. The molecule has 124 valence electrons. The molecule has 7 heteroatoms. The topological polar surface area (TPSA) is 87.2 Å². The summed E-state index contributed by atoms with van der Waals surface area (Å²) in [5.41, 5.74) is 2.64. The molecule has 0 unspecified atom stereocenters. The Kier molecular flexibility index (Phi) is 3.57. The first-order valence-corrected chi connectivity index (χ1v) is 8.01. The Morgan fingerprint density at radius 2 is 2.12 bits per heavy atom. The second kappa shape index (κ2) is 5.76. The number of aliphatic hydroxyl groups is 1. The van der Waals surface area contributed by atoms with Gasteiger partial charge in [-0.15, -0.1) is 5.10 Å². The Morgan fingerprint density at radius 3 is 2.88 bits per heavy atom. The van der Waals surface area contributed by atoms with Crippen LogP contribution in [0.1, 0.15) is 13.8 Å². The van der Waals surface area contributed by atoms with E-state index in [1.807, 2.05) is 43.0 Å². The van der Waals surface area contributed by atoms with Gasteiger partial charge < -0.3 is 14.7 Å². The van der Waals surface area contributed by atoms with Crippen molar-refractivity contribution in [3.05, 3.63) is 30.5 Å². The lowest BCUT2D eigenvalue weighted by Gasteiger charge is -2.36. The Morgan fingerprint density at radius 1 is 1.29 bits per heavy atom. The van der Waals surface area contributed by atoms with Crippen LogP contribution in [0.4, 0.5) is 5.82 Å². The normalized spacial score (nSPS) is 15.1. The number of H-pyrrole nitrogens is 1. The van der Waals surface area contributed by atoms with E-state index in [0.717, 1.165) is 33.7 Å². The van der Waals surface area contributed by atoms with E-state index < -0.39 is 0 Å². The van der Waals surface area contributed by atoms with Crippen molar-refractivity contribution in [2.45, 2.75) is 26.1 Å². The fourth-order valence-electron chi connectivity index (χ4n) is 2.84. The molecule has 1 aromatic carbocycles. The number of aliphatic hydroxyl groups excluding tert-OH is 1. The van der Waals surface area contributed by atoms with E-state index in [2.05, 4.69) is 20.4 Å². The van der Waals surface area contributed by atoms with Gasteiger partial charge in [-0.25, -0.2) is 0 Å². The highest BCUT2D eigenvalue weighted by Gasteiger charge is 2.26. The summed E-state index contributed by atoms with van der Waals surface area (Å²) in [7, 11) is 0. The van der Waals surface area contributed by atoms with Gasteiger partial charge in [0, 0.05) is 24.0 Å². The van der Waals surface area contributed by atoms with Crippen LogP contribution >= 0.6 is 0 Å². The number of fused-ring (bicyclic) bond motifs is 1. The molecule has 2 N–H and O–H groups in total. The lowest BCUT2D eigenvalue weighted by molar-refractivity contribution is 0.141. The molecule has 7 nitrogen and oxygen atoms in total. The van der Waals surface area contributed by atoms with Crippen LogP contribution in [0, 0.1) is 0 Å². The molecule has 0 bridgehead atoms. The molecule has 0 atom stereocenters. The number of β-amino-alcohol motifs (C(OH)–C–C–N with tert-alkyl or cyclic N) is 1. The number of rotatable bonds is 4. The van der Waals surface area contributed by atoms with E-state index in [0.29, 0.717) is 13.1 Å². The molecule has 3 heterocycles. The van der Waals surface area contributed by atoms with E-state index >= 15 is 0 Å². The third kappa shape index (κ3) is 2.67. The van der Waals surface area contributed by atoms with E-state index in [1.165, 1.54) is 0 Å². The van der Waals surface area contributed by atoms with Gasteiger partial charge in [0.15, 0.2) is 5.82 Å². The number of nitrogens with one attached hydrogen (secondary N) is 1. The minimum absolute atomic E-state index is 0.116. The van der Waals surface area contributed by atoms with Crippen LogP contribution in [-0.2, 0) is 0 Å². The summed E-state index contributed by atoms with van der Waals surface area (Å²) in [5, 5.41) is 26.1. The molecule has 0 spiro atoms. The van der Waals surface area contributed by atoms with Crippen molar-refractivity contribution in [2.75, 3.05) is 18.0 Å². The highest BCUT2D eigenvalue weighted by atomic mass is 16.5. The first kappa shape index (κ1) is 14.9. The maximum Gasteiger partial charge on any atom is 0.152 e. The molecule has 1 aliphatic rings. The quantitative estimate of drug-likeness (QED) is 0.763. The summed E-state index contributed by atoms with van der Waals surface area (Å²) < 4.78 is 5.78. The number of ether oxygens (including phenoxy) is 1. The van der Waals surface area contributed by atoms with Gasteiger partial charge >= 0.3 is 0 Å². The van der Waals surface area contributed by atoms with Crippen molar-refractivity contribution in [1.29, 1.82) is 0 Å². The van der Waals surface area contributed by atoms with Crippen molar-refractivity contribution in [2.24, 2.45) is 0 Å². The predicted molar refractivity (Wildman–Crippen MR) is 91.1 cm³/mol. The average Bonchev–Trinajstić information content (AvgIpc) is 2.94. The van der Waals surface area contributed by atoms with E-state index in [9.17, 15) is 5.11 Å². The molecule has 0 amide bonds. The first-order chi connectivity index (χ1) is 11.6. The van der Waals surface area contributed by atoms with E-state index in [4.69, 9.17) is 4.74 Å². The van der Waals surface area contributed by atoms with Gasteiger partial charge in [-0.1, -0.05) is 0 Å². The van der Waals surface area contributed by atoms with Crippen LogP contribution in [0.5, 0.6) is 5.75 Å². The van der Waals surface area contributed by atoms with Crippen LogP contribution in [0.15, 0.2) is 30.5 Å². The molecule has 0 radical (unpaired) electrons.